The van der Waals surface area contributed by atoms with Crippen molar-refractivity contribution in [1.82, 2.24) is 10.6 Å². The van der Waals surface area contributed by atoms with Crippen molar-refractivity contribution in [3.63, 3.8) is 0 Å². The van der Waals surface area contributed by atoms with Crippen molar-refractivity contribution < 1.29 is 4.79 Å². The largest absolute Gasteiger partial charge is 0.392 e. The van der Waals surface area contributed by atoms with Gasteiger partial charge in [0.1, 0.15) is 0 Å². The number of urea groups is 1. The number of carbonyl (C=O) groups excluding carboxylic acids is 1. The zero-order valence-corrected chi connectivity index (χ0v) is 10.6. The summed E-state index contributed by atoms with van der Waals surface area (Å²) >= 11 is 4.85. The first-order valence-corrected chi connectivity index (χ1v) is 5.92. The first-order chi connectivity index (χ1) is 8.13. The third-order valence-corrected chi connectivity index (χ3v) is 2.64. The zero-order chi connectivity index (χ0) is 12.7. The van der Waals surface area contributed by atoms with E-state index in [0.29, 0.717) is 18.0 Å². The normalized spacial score (nSPS) is 11.6. The van der Waals surface area contributed by atoms with Gasteiger partial charge >= 0.3 is 6.03 Å². The first-order valence-electron chi connectivity index (χ1n) is 5.51. The Morgan fingerprint density at radius 2 is 2.06 bits per heavy atom. The molecule has 1 aromatic carbocycles. The minimum atomic E-state index is -0.256. The molecule has 2 amide bonds. The third-order valence-electron chi connectivity index (χ3n) is 2.35. The number of hydrogen-bond donors (Lipinski definition) is 3. The van der Waals surface area contributed by atoms with Crippen molar-refractivity contribution in [1.29, 1.82) is 0 Å². The number of carbonyl (C=O) groups is 1. The lowest BCUT2D eigenvalue weighted by molar-refractivity contribution is 0.239. The Morgan fingerprint density at radius 1 is 1.41 bits per heavy atom. The van der Waals surface area contributed by atoms with E-state index in [1.54, 1.807) is 0 Å². The minimum absolute atomic E-state index is 0.249. The van der Waals surface area contributed by atoms with E-state index in [2.05, 4.69) is 10.6 Å². The van der Waals surface area contributed by atoms with E-state index in [9.17, 15) is 4.79 Å². The van der Waals surface area contributed by atoms with Crippen LogP contribution in [0.15, 0.2) is 30.3 Å². The Labute approximate surface area is 107 Å². The fraction of sp³-hybridized carbons (Fsp3) is 0.333. The van der Waals surface area contributed by atoms with Gasteiger partial charge in [-0.1, -0.05) is 49.5 Å². The van der Waals surface area contributed by atoms with Gasteiger partial charge in [-0.15, -0.1) is 0 Å². The number of benzene rings is 1. The van der Waals surface area contributed by atoms with Crippen LogP contribution < -0.4 is 16.4 Å². The second-order valence-electron chi connectivity index (χ2n) is 3.68. The maximum atomic E-state index is 11.6. The van der Waals surface area contributed by atoms with Crippen molar-refractivity contribution in [3.05, 3.63) is 35.9 Å². The van der Waals surface area contributed by atoms with Crippen molar-refractivity contribution in [3.8, 4) is 0 Å². The molecule has 0 aliphatic heterocycles. The molecule has 1 atom stereocenters. The van der Waals surface area contributed by atoms with E-state index in [-0.39, 0.29) is 12.1 Å². The van der Waals surface area contributed by atoms with Gasteiger partial charge in [-0.2, -0.15) is 0 Å². The number of hydrogen-bond acceptors (Lipinski definition) is 2. The van der Waals surface area contributed by atoms with E-state index in [1.807, 2.05) is 37.3 Å². The highest BCUT2D eigenvalue weighted by Gasteiger charge is 2.11. The number of amides is 2. The molecule has 17 heavy (non-hydrogen) atoms. The van der Waals surface area contributed by atoms with Gasteiger partial charge in [-0.25, -0.2) is 4.79 Å². The molecule has 1 aromatic rings. The van der Waals surface area contributed by atoms with Crippen LogP contribution in [0.4, 0.5) is 4.79 Å². The summed E-state index contributed by atoms with van der Waals surface area (Å²) < 4.78 is 0. The maximum absolute atomic E-state index is 11.6. The summed E-state index contributed by atoms with van der Waals surface area (Å²) in [6.07, 6.45) is 0.689. The van der Waals surface area contributed by atoms with E-state index in [1.165, 1.54) is 0 Å². The molecule has 0 heterocycles. The standard InChI is InChI=1S/C12H17N3OS/c1-2-10(11(13)17)15-12(16)14-8-9-6-4-3-5-7-9/h3-7,10H,2,8H2,1H3,(H2,13,17)(H2,14,15,16). The third kappa shape index (κ3) is 4.82. The quantitative estimate of drug-likeness (QED) is 0.696. The monoisotopic (exact) mass is 251 g/mol. The summed E-state index contributed by atoms with van der Waals surface area (Å²) in [5, 5.41) is 5.47. The van der Waals surface area contributed by atoms with Crippen molar-refractivity contribution in [2.45, 2.75) is 25.9 Å². The lowest BCUT2D eigenvalue weighted by atomic mass is 10.2. The highest BCUT2D eigenvalue weighted by Crippen LogP contribution is 1.97. The van der Waals surface area contributed by atoms with Crippen LogP contribution in [0, 0.1) is 0 Å². The fourth-order valence-electron chi connectivity index (χ4n) is 1.36. The van der Waals surface area contributed by atoms with Gasteiger partial charge in [0, 0.05) is 6.54 Å². The Bertz CT molecular complexity index is 381. The van der Waals surface area contributed by atoms with Gasteiger partial charge in [0.25, 0.3) is 0 Å². The van der Waals surface area contributed by atoms with Crippen molar-refractivity contribution in [2.75, 3.05) is 0 Å². The molecular weight excluding hydrogens is 234 g/mol. The molecule has 0 fully saturated rings. The average molecular weight is 251 g/mol. The van der Waals surface area contributed by atoms with Gasteiger partial charge in [-0.3, -0.25) is 0 Å². The van der Waals surface area contributed by atoms with Gasteiger partial charge in [-0.05, 0) is 12.0 Å². The molecule has 0 saturated heterocycles. The molecule has 4 N–H and O–H groups in total. The number of rotatable bonds is 5. The summed E-state index contributed by atoms with van der Waals surface area (Å²) in [7, 11) is 0. The minimum Gasteiger partial charge on any atom is -0.392 e. The van der Waals surface area contributed by atoms with Gasteiger partial charge in [0.2, 0.25) is 0 Å². The van der Waals surface area contributed by atoms with E-state index in [4.69, 9.17) is 18.0 Å². The van der Waals surface area contributed by atoms with Gasteiger partial charge in [0.05, 0.1) is 11.0 Å². The Morgan fingerprint density at radius 3 is 2.59 bits per heavy atom. The predicted molar refractivity (Wildman–Crippen MR) is 72.7 cm³/mol. The molecule has 0 spiro atoms. The van der Waals surface area contributed by atoms with Crippen LogP contribution in [0.5, 0.6) is 0 Å². The van der Waals surface area contributed by atoms with Gasteiger partial charge < -0.3 is 16.4 Å². The Hall–Kier alpha value is -1.62. The molecule has 0 aromatic heterocycles. The summed E-state index contributed by atoms with van der Waals surface area (Å²) in [6, 6.07) is 9.19. The summed E-state index contributed by atoms with van der Waals surface area (Å²) in [5.41, 5.74) is 6.54. The first kappa shape index (κ1) is 13.4. The Kier molecular flexibility index (Phi) is 5.42. The fourth-order valence-corrected chi connectivity index (χ4v) is 1.59. The van der Waals surface area contributed by atoms with Crippen LogP contribution in [0.25, 0.3) is 0 Å². The van der Waals surface area contributed by atoms with Crippen LogP contribution in [0.2, 0.25) is 0 Å². The number of nitrogens with one attached hydrogen (secondary N) is 2. The molecule has 1 rings (SSSR count). The van der Waals surface area contributed by atoms with Crippen molar-refractivity contribution in [2.24, 2.45) is 5.73 Å². The SMILES string of the molecule is CCC(NC(=O)NCc1ccccc1)C(N)=S. The smallest absolute Gasteiger partial charge is 0.315 e. The molecule has 0 radical (unpaired) electrons. The molecule has 4 nitrogen and oxygen atoms in total. The predicted octanol–water partition coefficient (Wildman–Crippen LogP) is 1.55. The molecule has 0 aliphatic rings. The van der Waals surface area contributed by atoms with E-state index in [0.717, 1.165) is 5.56 Å². The maximum Gasteiger partial charge on any atom is 0.315 e. The molecule has 5 heteroatoms. The Balaban J connectivity index is 2.37. The summed E-state index contributed by atoms with van der Waals surface area (Å²) in [4.78, 5) is 11.9. The summed E-state index contributed by atoms with van der Waals surface area (Å²) in [6.45, 7) is 2.40. The van der Waals surface area contributed by atoms with Crippen LogP contribution in [0.3, 0.4) is 0 Å². The highest BCUT2D eigenvalue weighted by atomic mass is 32.1. The molecule has 0 bridgehead atoms. The second-order valence-corrected chi connectivity index (χ2v) is 4.15. The van der Waals surface area contributed by atoms with Crippen LogP contribution >= 0.6 is 12.2 Å². The summed E-state index contributed by atoms with van der Waals surface area (Å²) in [5.74, 6) is 0. The molecule has 92 valence electrons. The van der Waals surface area contributed by atoms with Crippen molar-refractivity contribution >= 4 is 23.2 Å². The van der Waals surface area contributed by atoms with Crippen LogP contribution in [-0.4, -0.2) is 17.1 Å². The lowest BCUT2D eigenvalue weighted by Crippen LogP contribution is -2.47. The number of thiocarbonyl (C=S) groups is 1. The van der Waals surface area contributed by atoms with Gasteiger partial charge in [0.15, 0.2) is 0 Å². The van der Waals surface area contributed by atoms with E-state index >= 15 is 0 Å². The van der Waals surface area contributed by atoms with Crippen LogP contribution in [0.1, 0.15) is 18.9 Å². The molecule has 0 aliphatic carbocycles. The van der Waals surface area contributed by atoms with E-state index < -0.39 is 0 Å². The average Bonchev–Trinajstić information content (AvgIpc) is 2.34. The zero-order valence-electron chi connectivity index (χ0n) is 9.77. The molecular formula is C12H17N3OS. The second kappa shape index (κ2) is 6.85. The lowest BCUT2D eigenvalue weighted by Gasteiger charge is -2.15. The highest BCUT2D eigenvalue weighted by molar-refractivity contribution is 7.80. The molecule has 1 unspecified atom stereocenters. The molecule has 0 saturated carbocycles. The number of nitrogens with two attached hydrogens (primary N) is 1. The topological polar surface area (TPSA) is 67.2 Å². The van der Waals surface area contributed by atoms with Crippen LogP contribution in [-0.2, 0) is 6.54 Å².